The van der Waals surface area contributed by atoms with Crippen LogP contribution >= 0.6 is 0 Å². The molecule has 0 saturated carbocycles. The summed E-state index contributed by atoms with van der Waals surface area (Å²) in [5, 5.41) is 8.92. The number of fused-ring (bicyclic) bond motifs is 1. The lowest BCUT2D eigenvalue weighted by atomic mass is 9.88. The van der Waals surface area contributed by atoms with Gasteiger partial charge in [0.15, 0.2) is 6.61 Å². The average Bonchev–Trinajstić information content (AvgIpc) is 2.90. The first-order chi connectivity index (χ1) is 17.1. The van der Waals surface area contributed by atoms with E-state index in [1.54, 1.807) is 0 Å². The molecule has 0 spiro atoms. The molecule has 0 aromatic heterocycles. The molecule has 0 bridgehead atoms. The van der Waals surface area contributed by atoms with Crippen LogP contribution in [0.4, 0.5) is 0 Å². The highest BCUT2D eigenvalue weighted by Gasteiger charge is 2.19. The summed E-state index contributed by atoms with van der Waals surface area (Å²) >= 11 is 0. The standard InChI is InChI=1S/C30H33NO4/c1-2-26(31-35-30(23-10-5-3-6-11-23)24-12-7-4-8-13-24)18-16-22-17-19-27-25(20-22)14-9-15-28(27)34-21-29(32)33/h3-15,20,26,30-31H,2,16-19,21H2,1H3,(H,32,33). The van der Waals surface area contributed by atoms with E-state index in [0.717, 1.165) is 54.4 Å². The fourth-order valence-electron chi connectivity index (χ4n) is 4.49. The Hall–Kier alpha value is -3.41. The molecule has 0 radical (unpaired) electrons. The second kappa shape index (κ2) is 12.3. The number of carboxylic acid groups (broad SMARTS) is 1. The van der Waals surface area contributed by atoms with Gasteiger partial charge in [0.25, 0.3) is 0 Å². The third kappa shape index (κ3) is 6.81. The minimum absolute atomic E-state index is 0.170. The van der Waals surface area contributed by atoms with Crippen LogP contribution in [0.1, 0.15) is 61.0 Å². The first-order valence-corrected chi connectivity index (χ1v) is 12.3. The Bertz CT molecular complexity index is 1090. The molecule has 0 saturated heterocycles. The molecule has 3 aromatic rings. The molecule has 35 heavy (non-hydrogen) atoms. The van der Waals surface area contributed by atoms with Crippen molar-refractivity contribution in [1.82, 2.24) is 5.48 Å². The summed E-state index contributed by atoms with van der Waals surface area (Å²) in [5.41, 5.74) is 9.22. The highest BCUT2D eigenvalue weighted by molar-refractivity contribution is 5.69. The van der Waals surface area contributed by atoms with E-state index in [-0.39, 0.29) is 18.8 Å². The summed E-state index contributed by atoms with van der Waals surface area (Å²) < 4.78 is 5.49. The Morgan fingerprint density at radius 2 is 1.63 bits per heavy atom. The molecule has 182 valence electrons. The summed E-state index contributed by atoms with van der Waals surface area (Å²) in [5.74, 6) is -0.286. The maximum Gasteiger partial charge on any atom is 0.341 e. The van der Waals surface area contributed by atoms with Crippen LogP contribution in [0.5, 0.6) is 5.75 Å². The molecular formula is C30H33NO4. The maximum atomic E-state index is 10.9. The average molecular weight is 472 g/mol. The van der Waals surface area contributed by atoms with Crippen LogP contribution in [0.25, 0.3) is 6.08 Å². The molecule has 5 nitrogen and oxygen atoms in total. The molecule has 5 heteroatoms. The van der Waals surface area contributed by atoms with Gasteiger partial charge in [-0.2, -0.15) is 5.48 Å². The normalized spacial score (nSPS) is 13.7. The van der Waals surface area contributed by atoms with E-state index in [1.807, 2.05) is 48.5 Å². The molecule has 4 rings (SSSR count). The number of allylic oxidation sites excluding steroid dienone is 1. The van der Waals surface area contributed by atoms with Gasteiger partial charge in [0.1, 0.15) is 11.9 Å². The molecule has 1 unspecified atom stereocenters. The van der Waals surface area contributed by atoms with Crippen molar-refractivity contribution in [3.8, 4) is 5.75 Å². The molecule has 1 atom stereocenters. The molecule has 2 N–H and O–H groups in total. The van der Waals surface area contributed by atoms with Crippen LogP contribution < -0.4 is 10.2 Å². The lowest BCUT2D eigenvalue weighted by molar-refractivity contribution is -0.139. The van der Waals surface area contributed by atoms with Gasteiger partial charge in [-0.05, 0) is 54.9 Å². The van der Waals surface area contributed by atoms with Crippen LogP contribution in [-0.4, -0.2) is 23.7 Å². The highest BCUT2D eigenvalue weighted by Crippen LogP contribution is 2.33. The molecule has 1 aliphatic carbocycles. The van der Waals surface area contributed by atoms with Crippen LogP contribution in [0.15, 0.2) is 84.4 Å². The number of hydroxylamine groups is 1. The van der Waals surface area contributed by atoms with Gasteiger partial charge in [0.2, 0.25) is 0 Å². The van der Waals surface area contributed by atoms with Gasteiger partial charge in [-0.25, -0.2) is 4.79 Å². The summed E-state index contributed by atoms with van der Waals surface area (Å²) in [6.45, 7) is 1.86. The number of hydrogen-bond donors (Lipinski definition) is 2. The topological polar surface area (TPSA) is 67.8 Å². The zero-order chi connectivity index (χ0) is 24.5. The molecule has 3 aromatic carbocycles. The van der Waals surface area contributed by atoms with E-state index in [9.17, 15) is 4.79 Å². The zero-order valence-electron chi connectivity index (χ0n) is 20.2. The number of hydrogen-bond acceptors (Lipinski definition) is 4. The Morgan fingerprint density at radius 3 is 2.26 bits per heavy atom. The number of nitrogens with one attached hydrogen (secondary N) is 1. The summed E-state index contributed by atoms with van der Waals surface area (Å²) in [7, 11) is 0. The molecule has 0 heterocycles. The Kier molecular flexibility index (Phi) is 8.71. The van der Waals surface area contributed by atoms with E-state index < -0.39 is 5.97 Å². The van der Waals surface area contributed by atoms with E-state index in [2.05, 4.69) is 48.8 Å². The van der Waals surface area contributed by atoms with Crippen molar-refractivity contribution in [2.75, 3.05) is 6.61 Å². The number of carbonyl (C=O) groups is 1. The van der Waals surface area contributed by atoms with Crippen molar-refractivity contribution < 1.29 is 19.5 Å². The van der Waals surface area contributed by atoms with Gasteiger partial charge in [0, 0.05) is 11.6 Å². The lowest BCUT2D eigenvalue weighted by Crippen LogP contribution is -2.30. The van der Waals surface area contributed by atoms with Crippen LogP contribution in [0, 0.1) is 0 Å². The number of rotatable bonds is 12. The first-order valence-electron chi connectivity index (χ1n) is 12.3. The lowest BCUT2D eigenvalue weighted by Gasteiger charge is -2.24. The second-order valence-corrected chi connectivity index (χ2v) is 8.89. The van der Waals surface area contributed by atoms with Gasteiger partial charge in [-0.1, -0.05) is 91.4 Å². The van der Waals surface area contributed by atoms with Gasteiger partial charge in [-0.15, -0.1) is 0 Å². The van der Waals surface area contributed by atoms with Crippen LogP contribution in [0.2, 0.25) is 0 Å². The van der Waals surface area contributed by atoms with Gasteiger partial charge >= 0.3 is 5.97 Å². The van der Waals surface area contributed by atoms with Crippen molar-refractivity contribution in [1.29, 1.82) is 0 Å². The monoisotopic (exact) mass is 471 g/mol. The van der Waals surface area contributed by atoms with E-state index in [0.29, 0.717) is 5.75 Å². The van der Waals surface area contributed by atoms with E-state index in [1.165, 1.54) is 5.57 Å². The maximum absolute atomic E-state index is 10.9. The SMILES string of the molecule is CCC(CCC1=Cc2cccc(OCC(=O)O)c2CC1)NOC(c1ccccc1)c1ccccc1. The predicted octanol–water partition coefficient (Wildman–Crippen LogP) is 6.35. The third-order valence-corrected chi connectivity index (χ3v) is 6.44. The van der Waals surface area contributed by atoms with Gasteiger partial charge in [0.05, 0.1) is 0 Å². The molecular weight excluding hydrogens is 438 g/mol. The van der Waals surface area contributed by atoms with Crippen LogP contribution in [-0.2, 0) is 16.1 Å². The number of benzene rings is 3. The smallest absolute Gasteiger partial charge is 0.341 e. The Balaban J connectivity index is 1.38. The molecule has 0 fully saturated rings. The largest absolute Gasteiger partial charge is 0.482 e. The van der Waals surface area contributed by atoms with Crippen molar-refractivity contribution in [2.24, 2.45) is 0 Å². The molecule has 0 amide bonds. The highest BCUT2D eigenvalue weighted by atomic mass is 16.7. The Morgan fingerprint density at radius 1 is 0.943 bits per heavy atom. The minimum atomic E-state index is -0.961. The fraction of sp³-hybridized carbons (Fsp3) is 0.300. The summed E-state index contributed by atoms with van der Waals surface area (Å²) in [6, 6.07) is 26.7. The number of aliphatic carboxylic acids is 1. The fourth-order valence-corrected chi connectivity index (χ4v) is 4.49. The van der Waals surface area contributed by atoms with Crippen molar-refractivity contribution >= 4 is 12.0 Å². The third-order valence-electron chi connectivity index (χ3n) is 6.44. The van der Waals surface area contributed by atoms with E-state index >= 15 is 0 Å². The molecule has 0 aliphatic heterocycles. The van der Waals surface area contributed by atoms with Gasteiger partial charge in [-0.3, -0.25) is 4.84 Å². The van der Waals surface area contributed by atoms with Crippen LogP contribution in [0.3, 0.4) is 0 Å². The van der Waals surface area contributed by atoms with Crippen molar-refractivity contribution in [2.45, 2.75) is 51.2 Å². The first kappa shape index (κ1) is 24.7. The van der Waals surface area contributed by atoms with E-state index in [4.69, 9.17) is 14.7 Å². The molecule has 1 aliphatic rings. The zero-order valence-corrected chi connectivity index (χ0v) is 20.2. The Labute approximate surface area is 207 Å². The summed E-state index contributed by atoms with van der Waals surface area (Å²) in [6.07, 6.45) is 6.80. The second-order valence-electron chi connectivity index (χ2n) is 8.89. The number of carboxylic acids is 1. The van der Waals surface area contributed by atoms with Crippen molar-refractivity contribution in [3.05, 3.63) is 107 Å². The minimum Gasteiger partial charge on any atom is -0.482 e. The van der Waals surface area contributed by atoms with Crippen molar-refractivity contribution in [3.63, 3.8) is 0 Å². The number of ether oxygens (including phenoxy) is 1. The van der Waals surface area contributed by atoms with Gasteiger partial charge < -0.3 is 9.84 Å². The summed E-state index contributed by atoms with van der Waals surface area (Å²) in [4.78, 5) is 17.2. The quantitative estimate of drug-likeness (QED) is 0.301. The predicted molar refractivity (Wildman–Crippen MR) is 138 cm³/mol.